The van der Waals surface area contributed by atoms with Crippen LogP contribution in [0.3, 0.4) is 0 Å². The Kier molecular flexibility index (Phi) is 6.45. The third-order valence-corrected chi connectivity index (χ3v) is 3.29. The summed E-state index contributed by atoms with van der Waals surface area (Å²) in [5.74, 6) is 0.942. The van der Waals surface area contributed by atoms with Gasteiger partial charge in [-0.1, -0.05) is 66.7 Å². The summed E-state index contributed by atoms with van der Waals surface area (Å²) >= 11 is 0. The summed E-state index contributed by atoms with van der Waals surface area (Å²) in [6, 6.07) is 0. The first-order chi connectivity index (χ1) is 6.02. The van der Waals surface area contributed by atoms with Crippen molar-refractivity contribution in [3.63, 3.8) is 0 Å². The minimum Gasteiger partial charge on any atom is -0.0654 e. The van der Waals surface area contributed by atoms with Crippen LogP contribution in [0.5, 0.6) is 0 Å². The molecule has 0 rings (SSSR count). The Balaban J connectivity index is 3.44. The fourth-order valence-corrected chi connectivity index (χ4v) is 1.74. The highest BCUT2D eigenvalue weighted by molar-refractivity contribution is 4.66. The second kappa shape index (κ2) is 6.45. The van der Waals surface area contributed by atoms with E-state index in [1.54, 1.807) is 0 Å². The summed E-state index contributed by atoms with van der Waals surface area (Å²) in [7, 11) is 0. The molecule has 0 fully saturated rings. The van der Waals surface area contributed by atoms with Gasteiger partial charge in [0.05, 0.1) is 0 Å². The number of hydrogen-bond donors (Lipinski definition) is 0. The smallest absolute Gasteiger partial charge is 0.0357 e. The molecular formula is C13H28. The molecule has 0 saturated heterocycles. The van der Waals surface area contributed by atoms with Crippen molar-refractivity contribution < 1.29 is 0 Å². The van der Waals surface area contributed by atoms with E-state index in [2.05, 4.69) is 34.6 Å². The lowest BCUT2D eigenvalue weighted by atomic mass is 9.83. The van der Waals surface area contributed by atoms with Gasteiger partial charge in [-0.15, -0.1) is 0 Å². The predicted octanol–water partition coefficient (Wildman–Crippen LogP) is 5.03. The maximum absolute atomic E-state index is 2.39. The molecule has 0 saturated carbocycles. The first-order valence-electron chi connectivity index (χ1n) is 6.02. The van der Waals surface area contributed by atoms with Crippen LogP contribution >= 0.6 is 0 Å². The van der Waals surface area contributed by atoms with E-state index in [1.807, 2.05) is 0 Å². The van der Waals surface area contributed by atoms with Crippen LogP contribution in [0.25, 0.3) is 0 Å². The van der Waals surface area contributed by atoms with Gasteiger partial charge in [0.15, 0.2) is 0 Å². The SMILES string of the molecule is CCCC(C)CCCC(C)(C)CC. The van der Waals surface area contributed by atoms with Gasteiger partial charge in [0, 0.05) is 0 Å². The summed E-state index contributed by atoms with van der Waals surface area (Å²) in [4.78, 5) is 0. The van der Waals surface area contributed by atoms with Gasteiger partial charge >= 0.3 is 0 Å². The fourth-order valence-electron chi connectivity index (χ4n) is 1.74. The highest BCUT2D eigenvalue weighted by atomic mass is 14.2. The standard InChI is InChI=1S/C13H28/c1-6-9-12(3)10-8-11-13(4,5)7-2/h12H,6-11H2,1-5H3. The molecular weight excluding hydrogens is 156 g/mol. The molecule has 0 amide bonds. The highest BCUT2D eigenvalue weighted by Gasteiger charge is 2.14. The van der Waals surface area contributed by atoms with Gasteiger partial charge in [0.2, 0.25) is 0 Å². The predicted molar refractivity (Wildman–Crippen MR) is 62.0 cm³/mol. The van der Waals surface area contributed by atoms with Gasteiger partial charge in [-0.3, -0.25) is 0 Å². The van der Waals surface area contributed by atoms with Crippen LogP contribution in [0.2, 0.25) is 0 Å². The maximum Gasteiger partial charge on any atom is -0.0357 e. The molecule has 0 heterocycles. The highest BCUT2D eigenvalue weighted by Crippen LogP contribution is 2.28. The zero-order chi connectivity index (χ0) is 10.3. The molecule has 13 heavy (non-hydrogen) atoms. The zero-order valence-corrected chi connectivity index (χ0v) is 10.3. The van der Waals surface area contributed by atoms with Crippen LogP contribution in [0.1, 0.15) is 73.1 Å². The van der Waals surface area contributed by atoms with Crippen molar-refractivity contribution in [3.8, 4) is 0 Å². The van der Waals surface area contributed by atoms with Gasteiger partial charge in [0.1, 0.15) is 0 Å². The molecule has 0 aliphatic heterocycles. The fraction of sp³-hybridized carbons (Fsp3) is 1.00. The van der Waals surface area contributed by atoms with Crippen LogP contribution in [0.4, 0.5) is 0 Å². The Hall–Kier alpha value is 0. The molecule has 80 valence electrons. The summed E-state index contributed by atoms with van der Waals surface area (Å²) in [5, 5.41) is 0. The Bertz CT molecular complexity index is 113. The van der Waals surface area contributed by atoms with Crippen molar-refractivity contribution in [2.75, 3.05) is 0 Å². The largest absolute Gasteiger partial charge is 0.0654 e. The molecule has 1 unspecified atom stereocenters. The second-order valence-corrected chi connectivity index (χ2v) is 5.30. The molecule has 0 aliphatic rings. The first-order valence-corrected chi connectivity index (χ1v) is 6.02. The topological polar surface area (TPSA) is 0 Å². The molecule has 0 nitrogen and oxygen atoms in total. The van der Waals surface area contributed by atoms with E-state index >= 15 is 0 Å². The van der Waals surface area contributed by atoms with Crippen molar-refractivity contribution in [2.45, 2.75) is 73.1 Å². The molecule has 0 N–H and O–H groups in total. The lowest BCUT2D eigenvalue weighted by molar-refractivity contribution is 0.296. The summed E-state index contributed by atoms with van der Waals surface area (Å²) < 4.78 is 0. The Morgan fingerprint density at radius 1 is 1.08 bits per heavy atom. The number of rotatable bonds is 7. The lowest BCUT2D eigenvalue weighted by Crippen LogP contribution is -2.09. The summed E-state index contributed by atoms with van der Waals surface area (Å²) in [6.07, 6.45) is 8.32. The molecule has 0 heteroatoms. The molecule has 0 aromatic rings. The minimum absolute atomic E-state index is 0.575. The third kappa shape index (κ3) is 7.10. The average molecular weight is 184 g/mol. The molecule has 0 aromatic carbocycles. The minimum atomic E-state index is 0.575. The number of hydrogen-bond acceptors (Lipinski definition) is 0. The van der Waals surface area contributed by atoms with E-state index in [1.165, 1.54) is 38.5 Å². The van der Waals surface area contributed by atoms with Crippen LogP contribution < -0.4 is 0 Å². The molecule has 0 bridgehead atoms. The van der Waals surface area contributed by atoms with E-state index in [0.717, 1.165) is 5.92 Å². The quantitative estimate of drug-likeness (QED) is 0.520. The van der Waals surface area contributed by atoms with Gasteiger partial charge in [-0.2, -0.15) is 0 Å². The zero-order valence-electron chi connectivity index (χ0n) is 10.3. The van der Waals surface area contributed by atoms with Gasteiger partial charge in [-0.05, 0) is 17.8 Å². The van der Waals surface area contributed by atoms with Crippen LogP contribution in [-0.2, 0) is 0 Å². The van der Waals surface area contributed by atoms with Gasteiger partial charge < -0.3 is 0 Å². The normalized spacial score (nSPS) is 14.5. The van der Waals surface area contributed by atoms with Crippen molar-refractivity contribution in [1.82, 2.24) is 0 Å². The molecule has 0 spiro atoms. The van der Waals surface area contributed by atoms with Gasteiger partial charge in [0.25, 0.3) is 0 Å². The van der Waals surface area contributed by atoms with Gasteiger partial charge in [-0.25, -0.2) is 0 Å². The third-order valence-electron chi connectivity index (χ3n) is 3.29. The Morgan fingerprint density at radius 3 is 2.15 bits per heavy atom. The molecule has 0 aliphatic carbocycles. The van der Waals surface area contributed by atoms with Crippen molar-refractivity contribution in [2.24, 2.45) is 11.3 Å². The maximum atomic E-state index is 2.39. The van der Waals surface area contributed by atoms with Crippen molar-refractivity contribution >= 4 is 0 Å². The van der Waals surface area contributed by atoms with Crippen molar-refractivity contribution in [3.05, 3.63) is 0 Å². The Labute approximate surface area is 85.1 Å². The molecule has 0 aromatic heterocycles. The van der Waals surface area contributed by atoms with Crippen LogP contribution in [-0.4, -0.2) is 0 Å². The lowest BCUT2D eigenvalue weighted by Gasteiger charge is -2.23. The summed E-state index contributed by atoms with van der Waals surface area (Å²) in [5.41, 5.74) is 0.575. The van der Waals surface area contributed by atoms with E-state index in [4.69, 9.17) is 0 Å². The monoisotopic (exact) mass is 184 g/mol. The van der Waals surface area contributed by atoms with Crippen molar-refractivity contribution in [1.29, 1.82) is 0 Å². The Morgan fingerprint density at radius 2 is 1.69 bits per heavy atom. The van der Waals surface area contributed by atoms with Crippen LogP contribution in [0.15, 0.2) is 0 Å². The molecule has 0 radical (unpaired) electrons. The average Bonchev–Trinajstić information content (AvgIpc) is 2.05. The first kappa shape index (κ1) is 13.0. The summed E-state index contributed by atoms with van der Waals surface area (Å²) in [6.45, 7) is 11.7. The van der Waals surface area contributed by atoms with E-state index in [-0.39, 0.29) is 0 Å². The van der Waals surface area contributed by atoms with E-state index < -0.39 is 0 Å². The van der Waals surface area contributed by atoms with Crippen LogP contribution in [0, 0.1) is 11.3 Å². The van der Waals surface area contributed by atoms with E-state index in [0.29, 0.717) is 5.41 Å². The molecule has 1 atom stereocenters. The second-order valence-electron chi connectivity index (χ2n) is 5.30. The van der Waals surface area contributed by atoms with E-state index in [9.17, 15) is 0 Å².